The van der Waals surface area contributed by atoms with Gasteiger partial charge in [-0.2, -0.15) is 0 Å². The molecule has 4 nitrogen and oxygen atoms in total. The van der Waals surface area contributed by atoms with Crippen molar-refractivity contribution < 1.29 is 0 Å². The summed E-state index contributed by atoms with van der Waals surface area (Å²) in [5.74, 6) is 0. The van der Waals surface area contributed by atoms with E-state index >= 15 is 0 Å². The van der Waals surface area contributed by atoms with Gasteiger partial charge in [-0.1, -0.05) is 54.6 Å². The van der Waals surface area contributed by atoms with Crippen LogP contribution in [-0.2, 0) is 0 Å². The fourth-order valence-electron chi connectivity index (χ4n) is 4.14. The molecule has 0 amide bonds. The van der Waals surface area contributed by atoms with Gasteiger partial charge in [-0.25, -0.2) is 9.97 Å². The summed E-state index contributed by atoms with van der Waals surface area (Å²) in [6.07, 6.45) is 3.53. The number of hydrogen-bond acceptors (Lipinski definition) is 2. The highest BCUT2D eigenvalue weighted by atomic mass is 15.1. The van der Waals surface area contributed by atoms with Crippen LogP contribution in [-0.4, -0.2) is 19.1 Å². The second-order valence-corrected chi connectivity index (χ2v) is 6.81. The lowest BCUT2D eigenvalue weighted by atomic mass is 10.2. The summed E-state index contributed by atoms with van der Waals surface area (Å²) in [6.45, 7) is 0. The number of para-hydroxylation sites is 3. The van der Waals surface area contributed by atoms with Crippen molar-refractivity contribution in [1.29, 1.82) is 0 Å². The van der Waals surface area contributed by atoms with Gasteiger partial charge in [0.25, 0.3) is 0 Å². The van der Waals surface area contributed by atoms with Crippen LogP contribution < -0.4 is 0 Å². The first-order valence-corrected chi connectivity index (χ1v) is 9.28. The van der Waals surface area contributed by atoms with Crippen molar-refractivity contribution in [2.75, 3.05) is 0 Å². The molecular weight excluding hydrogens is 344 g/mol. The first-order chi connectivity index (χ1) is 13.9. The van der Waals surface area contributed by atoms with Crippen LogP contribution in [0, 0.1) is 0 Å². The van der Waals surface area contributed by atoms with Crippen LogP contribution in [0.3, 0.4) is 0 Å². The Bertz CT molecular complexity index is 1340. The molecule has 0 atom stereocenters. The number of fused-ring (bicyclic) bond motifs is 5. The topological polar surface area (TPSA) is 35.6 Å². The minimum Gasteiger partial charge on any atom is -0.295 e. The van der Waals surface area contributed by atoms with Gasteiger partial charge >= 0.3 is 0 Å². The van der Waals surface area contributed by atoms with Crippen LogP contribution in [0.15, 0.2) is 97.5 Å². The lowest BCUT2D eigenvalue weighted by molar-refractivity contribution is 1.06. The van der Waals surface area contributed by atoms with E-state index in [0.717, 1.165) is 33.4 Å². The third-order valence-electron chi connectivity index (χ3n) is 5.26. The smallest absolute Gasteiger partial charge is 0.133 e. The normalized spacial score (nSPS) is 11.6. The van der Waals surface area contributed by atoms with Gasteiger partial charge in [-0.05, 0) is 30.3 Å². The monoisotopic (exact) mass is 360 g/mol. The first-order valence-electron chi connectivity index (χ1n) is 9.28. The Balaban J connectivity index is 1.93. The van der Waals surface area contributed by atoms with E-state index in [0.29, 0.717) is 0 Å². The van der Waals surface area contributed by atoms with Crippen molar-refractivity contribution in [2.45, 2.75) is 0 Å². The number of benzene rings is 3. The Morgan fingerprint density at radius 1 is 0.607 bits per heavy atom. The van der Waals surface area contributed by atoms with Gasteiger partial charge in [0.1, 0.15) is 17.5 Å². The number of rotatable bonds is 2. The third-order valence-corrected chi connectivity index (χ3v) is 5.26. The molecule has 0 spiro atoms. The maximum absolute atomic E-state index is 4.67. The second-order valence-electron chi connectivity index (χ2n) is 6.81. The molecule has 0 aliphatic rings. The summed E-state index contributed by atoms with van der Waals surface area (Å²) in [6, 6.07) is 29.4. The number of nitrogens with zero attached hydrogens (tertiary/aromatic N) is 4. The van der Waals surface area contributed by atoms with Crippen molar-refractivity contribution >= 4 is 33.0 Å². The molecule has 4 heteroatoms. The van der Waals surface area contributed by atoms with Crippen LogP contribution in [0.5, 0.6) is 0 Å². The molecule has 0 fully saturated rings. The summed E-state index contributed by atoms with van der Waals surface area (Å²) in [5, 5.41) is 2.35. The van der Waals surface area contributed by atoms with Gasteiger partial charge in [0, 0.05) is 16.8 Å². The van der Waals surface area contributed by atoms with Crippen LogP contribution in [0.2, 0.25) is 0 Å². The lowest BCUT2D eigenvalue weighted by Gasteiger charge is -2.12. The fraction of sp³-hybridized carbons (Fsp3) is 0. The summed E-state index contributed by atoms with van der Waals surface area (Å²) >= 11 is 0. The molecule has 0 N–H and O–H groups in total. The molecular formula is C24H16N4. The van der Waals surface area contributed by atoms with Gasteiger partial charge < -0.3 is 0 Å². The van der Waals surface area contributed by atoms with Crippen molar-refractivity contribution in [3.05, 3.63) is 97.5 Å². The molecule has 28 heavy (non-hydrogen) atoms. The highest BCUT2D eigenvalue weighted by Gasteiger charge is 2.22. The van der Waals surface area contributed by atoms with E-state index in [1.165, 1.54) is 10.9 Å². The molecule has 0 saturated heterocycles. The average Bonchev–Trinajstić information content (AvgIpc) is 3.27. The lowest BCUT2D eigenvalue weighted by Crippen LogP contribution is -2.01. The molecule has 6 rings (SSSR count). The van der Waals surface area contributed by atoms with E-state index in [-0.39, 0.29) is 0 Å². The van der Waals surface area contributed by atoms with E-state index in [1.807, 2.05) is 18.3 Å². The van der Waals surface area contributed by atoms with Gasteiger partial charge in [-0.15, -0.1) is 0 Å². The minimum atomic E-state index is 0.972. The van der Waals surface area contributed by atoms with Gasteiger partial charge in [0.05, 0.1) is 22.6 Å². The highest BCUT2D eigenvalue weighted by Crippen LogP contribution is 2.39. The summed E-state index contributed by atoms with van der Waals surface area (Å²) in [5.41, 5.74) is 6.48. The van der Waals surface area contributed by atoms with Gasteiger partial charge in [0.15, 0.2) is 0 Å². The van der Waals surface area contributed by atoms with Crippen LogP contribution in [0.4, 0.5) is 0 Å². The van der Waals surface area contributed by atoms with Crippen LogP contribution in [0.1, 0.15) is 0 Å². The molecule has 132 valence electrons. The molecule has 0 saturated carbocycles. The molecule has 0 aliphatic carbocycles. The highest BCUT2D eigenvalue weighted by molar-refractivity contribution is 6.21. The van der Waals surface area contributed by atoms with E-state index in [4.69, 9.17) is 0 Å². The van der Waals surface area contributed by atoms with E-state index in [9.17, 15) is 0 Å². The van der Waals surface area contributed by atoms with Crippen molar-refractivity contribution in [3.8, 4) is 11.4 Å². The van der Waals surface area contributed by atoms with Crippen molar-refractivity contribution in [2.24, 2.45) is 0 Å². The predicted molar refractivity (Wildman–Crippen MR) is 113 cm³/mol. The third kappa shape index (κ3) is 2.00. The summed E-state index contributed by atoms with van der Waals surface area (Å²) < 4.78 is 4.58. The molecule has 0 radical (unpaired) electrons. The Kier molecular flexibility index (Phi) is 3.14. The first kappa shape index (κ1) is 15.2. The minimum absolute atomic E-state index is 0.972. The van der Waals surface area contributed by atoms with E-state index in [2.05, 4.69) is 91.9 Å². The zero-order chi connectivity index (χ0) is 18.5. The van der Waals surface area contributed by atoms with Crippen molar-refractivity contribution in [1.82, 2.24) is 19.1 Å². The molecule has 6 aromatic rings. The Morgan fingerprint density at radius 3 is 1.93 bits per heavy atom. The molecule has 0 unspecified atom stereocenters. The van der Waals surface area contributed by atoms with E-state index in [1.54, 1.807) is 6.33 Å². The standard InChI is InChI=1S/C24H16N4/c1-3-9-17(10-4-1)27-20-14-8-7-13-19(20)22-23-21(15-25-16-26-23)28(24(22)27)18-11-5-2-6-12-18/h1-16H. The predicted octanol–water partition coefficient (Wildman–Crippen LogP) is 5.52. The Labute approximate surface area is 161 Å². The Hall–Kier alpha value is -3.92. The second kappa shape index (κ2) is 5.79. The maximum atomic E-state index is 4.67. The molecule has 0 bridgehead atoms. The average molecular weight is 360 g/mol. The van der Waals surface area contributed by atoms with E-state index < -0.39 is 0 Å². The van der Waals surface area contributed by atoms with Crippen LogP contribution >= 0.6 is 0 Å². The summed E-state index contributed by atoms with van der Waals surface area (Å²) in [7, 11) is 0. The van der Waals surface area contributed by atoms with Gasteiger partial charge in [0.2, 0.25) is 0 Å². The largest absolute Gasteiger partial charge is 0.295 e. The van der Waals surface area contributed by atoms with Crippen LogP contribution in [0.25, 0.3) is 44.3 Å². The maximum Gasteiger partial charge on any atom is 0.133 e. The number of aromatic nitrogens is 4. The molecule has 3 heterocycles. The number of hydrogen-bond donors (Lipinski definition) is 0. The Morgan fingerprint density at radius 2 is 1.21 bits per heavy atom. The molecule has 3 aromatic heterocycles. The SMILES string of the molecule is c1ccc(-n2c3ccccc3c3c4ncncc4n(-c4ccccc4)c32)cc1. The fourth-order valence-corrected chi connectivity index (χ4v) is 4.14. The zero-order valence-electron chi connectivity index (χ0n) is 15.0. The van der Waals surface area contributed by atoms with Gasteiger partial charge in [-0.3, -0.25) is 9.13 Å². The molecule has 0 aliphatic heterocycles. The quantitative estimate of drug-likeness (QED) is 0.408. The van der Waals surface area contributed by atoms with Crippen molar-refractivity contribution in [3.63, 3.8) is 0 Å². The molecule has 3 aromatic carbocycles. The summed E-state index contributed by atoms with van der Waals surface area (Å²) in [4.78, 5) is 8.98. The zero-order valence-corrected chi connectivity index (χ0v) is 15.0.